The van der Waals surface area contributed by atoms with E-state index in [1.54, 1.807) is 4.57 Å². The van der Waals surface area contributed by atoms with Crippen LogP contribution < -0.4 is 10.4 Å². The van der Waals surface area contributed by atoms with Gasteiger partial charge >= 0.3 is 5.69 Å². The molecule has 24 heavy (non-hydrogen) atoms. The zero-order valence-electron chi connectivity index (χ0n) is 14.8. The van der Waals surface area contributed by atoms with E-state index in [9.17, 15) is 4.79 Å². The third kappa shape index (κ3) is 3.40. The van der Waals surface area contributed by atoms with Crippen LogP contribution in [0.25, 0.3) is 5.69 Å². The fourth-order valence-electron chi connectivity index (χ4n) is 3.27. The summed E-state index contributed by atoms with van der Waals surface area (Å²) < 4.78 is 9.17. The molecule has 0 N–H and O–H groups in total. The molecule has 0 saturated carbocycles. The highest BCUT2D eigenvalue weighted by molar-refractivity contribution is 5.48. The highest BCUT2D eigenvalue weighted by Gasteiger charge is 2.21. The molecule has 1 aliphatic rings. The summed E-state index contributed by atoms with van der Waals surface area (Å²) >= 11 is 0. The molecule has 0 spiro atoms. The maximum Gasteiger partial charge on any atom is 0.350 e. The van der Waals surface area contributed by atoms with Gasteiger partial charge in [0, 0.05) is 13.0 Å². The Kier molecular flexibility index (Phi) is 5.38. The minimum Gasteiger partial charge on any atom is -0.494 e. The molecule has 0 atom stereocenters. The summed E-state index contributed by atoms with van der Waals surface area (Å²) in [7, 11) is 0. The Balaban J connectivity index is 1.69. The zero-order valence-corrected chi connectivity index (χ0v) is 14.8. The second kappa shape index (κ2) is 7.69. The highest BCUT2D eigenvalue weighted by Crippen LogP contribution is 2.26. The summed E-state index contributed by atoms with van der Waals surface area (Å²) in [5, 5.41) is 4.41. The third-order valence-corrected chi connectivity index (χ3v) is 4.63. The molecule has 5 nitrogen and oxygen atoms in total. The molecule has 0 aliphatic carbocycles. The lowest BCUT2D eigenvalue weighted by molar-refractivity contribution is 0.304. The van der Waals surface area contributed by atoms with Crippen LogP contribution in [0.5, 0.6) is 5.75 Å². The number of rotatable bonds is 8. The number of aromatic nitrogens is 3. The summed E-state index contributed by atoms with van der Waals surface area (Å²) in [6.07, 6.45) is 7.90. The summed E-state index contributed by atoms with van der Waals surface area (Å²) in [5.74, 6) is 1.77. The number of benzene rings is 1. The van der Waals surface area contributed by atoms with Crippen LogP contribution in [0, 0.1) is 0 Å². The molecule has 3 rings (SSSR count). The van der Waals surface area contributed by atoms with Crippen molar-refractivity contribution in [3.05, 3.63) is 40.1 Å². The second-order valence-corrected chi connectivity index (χ2v) is 6.40. The first-order valence-corrected chi connectivity index (χ1v) is 9.19. The molecule has 130 valence electrons. The lowest BCUT2D eigenvalue weighted by Gasteiger charge is -2.18. The van der Waals surface area contributed by atoms with Gasteiger partial charge < -0.3 is 4.74 Å². The van der Waals surface area contributed by atoms with Crippen LogP contribution in [0.15, 0.2) is 23.0 Å². The van der Waals surface area contributed by atoms with Crippen LogP contribution in [-0.4, -0.2) is 21.0 Å². The third-order valence-electron chi connectivity index (χ3n) is 4.63. The number of aryl methyl sites for hydroxylation is 3. The van der Waals surface area contributed by atoms with Crippen molar-refractivity contribution in [3.63, 3.8) is 0 Å². The number of hydrogen-bond donors (Lipinski definition) is 0. The van der Waals surface area contributed by atoms with Crippen molar-refractivity contribution in [1.29, 1.82) is 0 Å². The monoisotopic (exact) mass is 329 g/mol. The summed E-state index contributed by atoms with van der Waals surface area (Å²) in [5.41, 5.74) is 2.08. The van der Waals surface area contributed by atoms with Crippen molar-refractivity contribution in [1.82, 2.24) is 14.3 Å². The van der Waals surface area contributed by atoms with E-state index in [4.69, 9.17) is 4.74 Å². The Hall–Kier alpha value is -2.04. The quantitative estimate of drug-likeness (QED) is 0.697. The Bertz CT molecular complexity index is 746. The van der Waals surface area contributed by atoms with Gasteiger partial charge in [-0.3, -0.25) is 0 Å². The van der Waals surface area contributed by atoms with Crippen LogP contribution in [0.2, 0.25) is 0 Å². The van der Waals surface area contributed by atoms with E-state index in [1.807, 2.05) is 19.1 Å². The number of fused-ring (bicyclic) bond motifs is 3. The molecule has 0 fully saturated rings. The van der Waals surface area contributed by atoms with Gasteiger partial charge in [0.15, 0.2) is 0 Å². The fourth-order valence-corrected chi connectivity index (χ4v) is 3.27. The van der Waals surface area contributed by atoms with Crippen LogP contribution in [0.3, 0.4) is 0 Å². The van der Waals surface area contributed by atoms with E-state index < -0.39 is 0 Å². The maximum atomic E-state index is 12.4. The average molecular weight is 329 g/mol. The van der Waals surface area contributed by atoms with Gasteiger partial charge in [-0.2, -0.15) is 5.10 Å². The van der Waals surface area contributed by atoms with Crippen molar-refractivity contribution in [2.45, 2.75) is 65.3 Å². The molecule has 2 aromatic rings. The predicted octanol–water partition coefficient (Wildman–Crippen LogP) is 3.50. The standard InChI is InChI=1S/C19H27N3O2/c1-3-5-6-7-8-13-24-16-10-11-17-15(14-16)9-12-18-20-21(4-2)19(23)22(17)18/h10-11,14H,3-9,12-13H2,1-2H3. The number of unbranched alkanes of at least 4 members (excludes halogenated alkanes) is 4. The first kappa shape index (κ1) is 16.8. The van der Waals surface area contributed by atoms with Crippen molar-refractivity contribution < 1.29 is 4.74 Å². The van der Waals surface area contributed by atoms with Crippen LogP contribution in [0.1, 0.15) is 57.3 Å². The Morgan fingerprint density at radius 3 is 2.75 bits per heavy atom. The van der Waals surface area contributed by atoms with Gasteiger partial charge in [-0.1, -0.05) is 32.6 Å². The molecular formula is C19H27N3O2. The van der Waals surface area contributed by atoms with Crippen LogP contribution in [-0.2, 0) is 19.4 Å². The molecular weight excluding hydrogens is 302 g/mol. The van der Waals surface area contributed by atoms with Gasteiger partial charge in [0.2, 0.25) is 0 Å². The normalized spacial score (nSPS) is 12.8. The smallest absolute Gasteiger partial charge is 0.350 e. The first-order chi connectivity index (χ1) is 11.7. The lowest BCUT2D eigenvalue weighted by atomic mass is 10.0. The molecule has 0 radical (unpaired) electrons. The molecule has 0 bridgehead atoms. The molecule has 0 unspecified atom stereocenters. The van der Waals surface area contributed by atoms with Crippen molar-refractivity contribution in [2.75, 3.05) is 6.61 Å². The molecule has 5 heteroatoms. The minimum atomic E-state index is -0.0435. The summed E-state index contributed by atoms with van der Waals surface area (Å²) in [4.78, 5) is 12.4. The molecule has 2 heterocycles. The van der Waals surface area contributed by atoms with E-state index >= 15 is 0 Å². The van der Waals surface area contributed by atoms with Gasteiger partial charge in [0.1, 0.15) is 11.6 Å². The van der Waals surface area contributed by atoms with Crippen LogP contribution >= 0.6 is 0 Å². The molecule has 1 aliphatic heterocycles. The van der Waals surface area contributed by atoms with Crippen molar-refractivity contribution >= 4 is 0 Å². The van der Waals surface area contributed by atoms with E-state index in [1.165, 1.54) is 35.9 Å². The molecule has 1 aromatic heterocycles. The van der Waals surface area contributed by atoms with Crippen molar-refractivity contribution in [2.24, 2.45) is 0 Å². The average Bonchev–Trinajstić information content (AvgIpc) is 2.94. The fraction of sp³-hybridized carbons (Fsp3) is 0.579. The maximum absolute atomic E-state index is 12.4. The van der Waals surface area contributed by atoms with E-state index in [-0.39, 0.29) is 5.69 Å². The highest BCUT2D eigenvalue weighted by atomic mass is 16.5. The van der Waals surface area contributed by atoms with Crippen LogP contribution in [0.4, 0.5) is 0 Å². The van der Waals surface area contributed by atoms with E-state index in [2.05, 4.69) is 18.1 Å². The topological polar surface area (TPSA) is 49.1 Å². The number of hydrogen-bond acceptors (Lipinski definition) is 3. The Morgan fingerprint density at radius 2 is 1.96 bits per heavy atom. The second-order valence-electron chi connectivity index (χ2n) is 6.40. The Labute approximate surface area is 143 Å². The number of nitrogens with zero attached hydrogens (tertiary/aromatic N) is 3. The van der Waals surface area contributed by atoms with Gasteiger partial charge in [-0.05, 0) is 43.5 Å². The van der Waals surface area contributed by atoms with Gasteiger partial charge in [-0.25, -0.2) is 14.0 Å². The molecule has 0 saturated heterocycles. The van der Waals surface area contributed by atoms with Crippen molar-refractivity contribution in [3.8, 4) is 11.4 Å². The predicted molar refractivity (Wildman–Crippen MR) is 95.2 cm³/mol. The van der Waals surface area contributed by atoms with Gasteiger partial charge in [-0.15, -0.1) is 0 Å². The summed E-state index contributed by atoms with van der Waals surface area (Å²) in [6, 6.07) is 6.04. The number of ether oxygens (including phenoxy) is 1. The van der Waals surface area contributed by atoms with E-state index in [0.29, 0.717) is 6.54 Å². The Morgan fingerprint density at radius 1 is 1.12 bits per heavy atom. The SMILES string of the molecule is CCCCCCCOc1ccc2c(c1)CCc1nn(CC)c(=O)n1-2. The van der Waals surface area contributed by atoms with E-state index in [0.717, 1.165) is 43.1 Å². The van der Waals surface area contributed by atoms with Gasteiger partial charge in [0.25, 0.3) is 0 Å². The zero-order chi connectivity index (χ0) is 16.9. The largest absolute Gasteiger partial charge is 0.494 e. The van der Waals surface area contributed by atoms with Gasteiger partial charge in [0.05, 0.1) is 12.3 Å². The first-order valence-electron chi connectivity index (χ1n) is 9.19. The summed E-state index contributed by atoms with van der Waals surface area (Å²) in [6.45, 7) is 5.54. The lowest BCUT2D eigenvalue weighted by Crippen LogP contribution is -2.26. The molecule has 1 aromatic carbocycles. The molecule has 0 amide bonds. The minimum absolute atomic E-state index is 0.0435.